The van der Waals surface area contributed by atoms with Gasteiger partial charge in [-0.05, 0) is 45.8 Å². The SMILES string of the molecule is O=[N+]([O-])c1ccc(-c2cc(-c3c4ccccc4cc4ccccc34)[nH]n2)cc1. The van der Waals surface area contributed by atoms with Gasteiger partial charge in [-0.3, -0.25) is 15.2 Å². The van der Waals surface area contributed by atoms with E-state index in [1.807, 2.05) is 30.3 Å². The Morgan fingerprint density at radius 1 is 0.786 bits per heavy atom. The van der Waals surface area contributed by atoms with Crippen molar-refractivity contribution in [2.45, 2.75) is 0 Å². The lowest BCUT2D eigenvalue weighted by atomic mass is 9.94. The minimum Gasteiger partial charge on any atom is -0.277 e. The van der Waals surface area contributed by atoms with Crippen LogP contribution in [-0.4, -0.2) is 15.1 Å². The molecule has 0 aliphatic heterocycles. The molecule has 0 aliphatic rings. The Bertz CT molecular complexity index is 1280. The van der Waals surface area contributed by atoms with Crippen LogP contribution < -0.4 is 0 Å². The van der Waals surface area contributed by atoms with E-state index in [1.165, 1.54) is 22.9 Å². The quantitative estimate of drug-likeness (QED) is 0.244. The Morgan fingerprint density at radius 2 is 1.39 bits per heavy atom. The molecule has 134 valence electrons. The first-order valence-electron chi connectivity index (χ1n) is 8.92. The van der Waals surface area contributed by atoms with Crippen LogP contribution in [0.3, 0.4) is 0 Å². The summed E-state index contributed by atoms with van der Waals surface area (Å²) in [4.78, 5) is 10.5. The molecule has 1 heterocycles. The molecule has 0 atom stereocenters. The molecule has 1 N–H and O–H groups in total. The van der Waals surface area contributed by atoms with E-state index in [-0.39, 0.29) is 5.69 Å². The lowest BCUT2D eigenvalue weighted by Gasteiger charge is -2.10. The van der Waals surface area contributed by atoms with E-state index in [1.54, 1.807) is 12.1 Å². The standard InChI is InChI=1S/C23H15N3O2/c27-26(28)18-11-9-15(10-12-18)21-14-22(25-24-21)23-19-7-3-1-5-16(19)13-17-6-2-4-8-20(17)23/h1-14H,(H,24,25). The monoisotopic (exact) mass is 365 g/mol. The molecule has 0 fully saturated rings. The van der Waals surface area contributed by atoms with Crippen molar-refractivity contribution in [1.29, 1.82) is 0 Å². The molecular weight excluding hydrogens is 350 g/mol. The van der Waals surface area contributed by atoms with Crippen LogP contribution >= 0.6 is 0 Å². The van der Waals surface area contributed by atoms with Crippen LogP contribution in [0.25, 0.3) is 44.1 Å². The summed E-state index contributed by atoms with van der Waals surface area (Å²) in [5.74, 6) is 0. The Kier molecular flexibility index (Phi) is 3.66. The second kappa shape index (κ2) is 6.32. The van der Waals surface area contributed by atoms with Crippen LogP contribution in [0.4, 0.5) is 5.69 Å². The van der Waals surface area contributed by atoms with Gasteiger partial charge in [0.15, 0.2) is 0 Å². The first kappa shape index (κ1) is 16.2. The molecule has 5 rings (SSSR count). The molecule has 0 bridgehead atoms. The van der Waals surface area contributed by atoms with Gasteiger partial charge in [0.05, 0.1) is 16.3 Å². The number of H-pyrrole nitrogens is 1. The molecule has 0 amide bonds. The predicted octanol–water partition coefficient (Wildman–Crippen LogP) is 5.96. The number of benzene rings is 4. The number of nitrogens with zero attached hydrogens (tertiary/aromatic N) is 2. The number of aromatic amines is 1. The molecule has 5 heteroatoms. The number of non-ortho nitro benzene ring substituents is 1. The fourth-order valence-electron chi connectivity index (χ4n) is 3.66. The fraction of sp³-hybridized carbons (Fsp3) is 0. The second-order valence-corrected chi connectivity index (χ2v) is 6.66. The predicted molar refractivity (Wildman–Crippen MR) is 111 cm³/mol. The molecule has 5 nitrogen and oxygen atoms in total. The van der Waals surface area contributed by atoms with Crippen molar-refractivity contribution in [3.8, 4) is 22.5 Å². The zero-order valence-corrected chi connectivity index (χ0v) is 14.8. The van der Waals surface area contributed by atoms with Gasteiger partial charge < -0.3 is 0 Å². The minimum atomic E-state index is -0.401. The third kappa shape index (κ3) is 2.61. The number of nitro benzene ring substituents is 1. The summed E-state index contributed by atoms with van der Waals surface area (Å²) < 4.78 is 0. The van der Waals surface area contributed by atoms with Crippen molar-refractivity contribution in [2.75, 3.05) is 0 Å². The zero-order valence-electron chi connectivity index (χ0n) is 14.8. The van der Waals surface area contributed by atoms with Crippen LogP contribution in [0.5, 0.6) is 0 Å². The Balaban J connectivity index is 1.69. The van der Waals surface area contributed by atoms with Gasteiger partial charge in [0.2, 0.25) is 0 Å². The van der Waals surface area contributed by atoms with Crippen LogP contribution in [0.2, 0.25) is 0 Å². The summed E-state index contributed by atoms with van der Waals surface area (Å²) in [5, 5.41) is 23.1. The molecule has 0 spiro atoms. The maximum absolute atomic E-state index is 10.9. The van der Waals surface area contributed by atoms with Crippen LogP contribution in [-0.2, 0) is 0 Å². The molecule has 1 aromatic heterocycles. The first-order valence-corrected chi connectivity index (χ1v) is 8.92. The fourth-order valence-corrected chi connectivity index (χ4v) is 3.66. The average molecular weight is 365 g/mol. The maximum Gasteiger partial charge on any atom is 0.269 e. The van der Waals surface area contributed by atoms with Gasteiger partial charge in [-0.25, -0.2) is 0 Å². The number of aromatic nitrogens is 2. The van der Waals surface area contributed by atoms with E-state index in [0.717, 1.165) is 33.3 Å². The van der Waals surface area contributed by atoms with Gasteiger partial charge in [0.1, 0.15) is 0 Å². The number of hydrogen-bond acceptors (Lipinski definition) is 3. The van der Waals surface area contributed by atoms with E-state index in [4.69, 9.17) is 0 Å². The lowest BCUT2D eigenvalue weighted by molar-refractivity contribution is -0.384. The zero-order chi connectivity index (χ0) is 19.1. The summed E-state index contributed by atoms with van der Waals surface area (Å²) >= 11 is 0. The lowest BCUT2D eigenvalue weighted by Crippen LogP contribution is -1.87. The third-order valence-corrected chi connectivity index (χ3v) is 4.99. The molecule has 0 saturated heterocycles. The normalized spacial score (nSPS) is 11.1. The molecule has 4 aromatic carbocycles. The van der Waals surface area contributed by atoms with Crippen LogP contribution in [0.15, 0.2) is 84.9 Å². The molecule has 28 heavy (non-hydrogen) atoms. The van der Waals surface area contributed by atoms with Crippen LogP contribution in [0, 0.1) is 10.1 Å². The summed E-state index contributed by atoms with van der Waals surface area (Å²) in [6.07, 6.45) is 0. The molecule has 0 radical (unpaired) electrons. The average Bonchev–Trinajstić information content (AvgIpc) is 3.21. The van der Waals surface area contributed by atoms with Crippen molar-refractivity contribution >= 4 is 27.2 Å². The number of fused-ring (bicyclic) bond motifs is 2. The Hall–Kier alpha value is -3.99. The Morgan fingerprint density at radius 3 is 2.00 bits per heavy atom. The van der Waals surface area contributed by atoms with Crippen molar-refractivity contribution < 1.29 is 4.92 Å². The van der Waals surface area contributed by atoms with Gasteiger partial charge in [-0.2, -0.15) is 5.10 Å². The first-order chi connectivity index (χ1) is 13.7. The highest BCUT2D eigenvalue weighted by Crippen LogP contribution is 2.36. The van der Waals surface area contributed by atoms with Gasteiger partial charge >= 0.3 is 0 Å². The summed E-state index contributed by atoms with van der Waals surface area (Å²) in [5.41, 5.74) is 3.68. The maximum atomic E-state index is 10.9. The summed E-state index contributed by atoms with van der Waals surface area (Å²) in [6, 6.07) is 27.2. The van der Waals surface area contributed by atoms with E-state index >= 15 is 0 Å². The van der Waals surface area contributed by atoms with E-state index in [0.29, 0.717) is 0 Å². The molecule has 0 unspecified atom stereocenters. The highest BCUT2D eigenvalue weighted by Gasteiger charge is 2.13. The summed E-state index contributed by atoms with van der Waals surface area (Å²) in [7, 11) is 0. The molecule has 5 aromatic rings. The molecule has 0 aliphatic carbocycles. The van der Waals surface area contributed by atoms with Crippen LogP contribution in [0.1, 0.15) is 0 Å². The van der Waals surface area contributed by atoms with Crippen molar-refractivity contribution in [2.24, 2.45) is 0 Å². The van der Waals surface area contributed by atoms with Crippen molar-refractivity contribution in [1.82, 2.24) is 10.2 Å². The summed E-state index contributed by atoms with van der Waals surface area (Å²) in [6.45, 7) is 0. The minimum absolute atomic E-state index is 0.0690. The topological polar surface area (TPSA) is 71.8 Å². The van der Waals surface area contributed by atoms with Gasteiger partial charge in [-0.15, -0.1) is 0 Å². The van der Waals surface area contributed by atoms with Crippen molar-refractivity contribution in [3.05, 3.63) is 95.0 Å². The van der Waals surface area contributed by atoms with E-state index in [9.17, 15) is 10.1 Å². The molecular formula is C23H15N3O2. The number of nitrogens with one attached hydrogen (secondary N) is 1. The highest BCUT2D eigenvalue weighted by molar-refractivity contribution is 6.12. The second-order valence-electron chi connectivity index (χ2n) is 6.66. The number of rotatable bonds is 3. The molecule has 0 saturated carbocycles. The third-order valence-electron chi connectivity index (χ3n) is 4.99. The van der Waals surface area contributed by atoms with Gasteiger partial charge in [0.25, 0.3) is 5.69 Å². The highest BCUT2D eigenvalue weighted by atomic mass is 16.6. The van der Waals surface area contributed by atoms with Crippen molar-refractivity contribution in [3.63, 3.8) is 0 Å². The van der Waals surface area contributed by atoms with E-state index < -0.39 is 4.92 Å². The Labute approximate surface area is 160 Å². The largest absolute Gasteiger partial charge is 0.277 e. The van der Waals surface area contributed by atoms with Gasteiger partial charge in [0, 0.05) is 23.3 Å². The van der Waals surface area contributed by atoms with E-state index in [2.05, 4.69) is 40.5 Å². The number of nitro groups is 1. The number of hydrogen-bond donors (Lipinski definition) is 1. The smallest absolute Gasteiger partial charge is 0.269 e. The van der Waals surface area contributed by atoms with Gasteiger partial charge in [-0.1, -0.05) is 48.5 Å².